The number of hydrogen-bond donors (Lipinski definition) is 1. The molecule has 0 radical (unpaired) electrons. The predicted octanol–water partition coefficient (Wildman–Crippen LogP) is 3.25. The van der Waals surface area contributed by atoms with E-state index in [-0.39, 0.29) is 12.0 Å². The van der Waals surface area contributed by atoms with Crippen LogP contribution in [0.1, 0.15) is 12.8 Å². The van der Waals surface area contributed by atoms with Gasteiger partial charge in [0.1, 0.15) is 18.5 Å². The molecule has 23 heavy (non-hydrogen) atoms. The number of benzene rings is 2. The number of carbonyl (C=O) groups is 1. The van der Waals surface area contributed by atoms with Gasteiger partial charge in [-0.25, -0.2) is 0 Å². The van der Waals surface area contributed by atoms with Crippen molar-refractivity contribution >= 4 is 11.6 Å². The summed E-state index contributed by atoms with van der Waals surface area (Å²) in [5, 5.41) is 2.86. The largest absolute Gasteiger partial charge is 0.497 e. The Morgan fingerprint density at radius 3 is 2.65 bits per heavy atom. The maximum atomic E-state index is 12.0. The minimum Gasteiger partial charge on any atom is -0.497 e. The Balaban J connectivity index is 1.47. The van der Waals surface area contributed by atoms with Gasteiger partial charge in [-0.2, -0.15) is 0 Å². The number of amides is 1. The molecule has 1 aliphatic rings. The van der Waals surface area contributed by atoms with Crippen molar-refractivity contribution in [2.24, 2.45) is 0 Å². The molecule has 0 saturated heterocycles. The van der Waals surface area contributed by atoms with Gasteiger partial charge in [-0.1, -0.05) is 12.1 Å². The van der Waals surface area contributed by atoms with Crippen molar-refractivity contribution < 1.29 is 19.0 Å². The number of anilines is 1. The molecule has 0 aliphatic carbocycles. The summed E-state index contributed by atoms with van der Waals surface area (Å²) in [5.74, 6) is 2.21. The fraction of sp³-hybridized carbons (Fsp3) is 0.278. The van der Waals surface area contributed by atoms with E-state index in [0.717, 1.165) is 22.9 Å². The van der Waals surface area contributed by atoms with E-state index in [1.807, 2.05) is 48.5 Å². The fourth-order valence-corrected chi connectivity index (χ4v) is 2.40. The first-order valence-corrected chi connectivity index (χ1v) is 7.57. The zero-order valence-electron chi connectivity index (χ0n) is 13.0. The van der Waals surface area contributed by atoms with Crippen LogP contribution in [0.25, 0.3) is 0 Å². The first-order valence-electron chi connectivity index (χ1n) is 7.57. The number of nitrogens with one attached hydrogen (secondary N) is 1. The van der Waals surface area contributed by atoms with Crippen LogP contribution in [-0.4, -0.2) is 25.7 Å². The van der Waals surface area contributed by atoms with Crippen LogP contribution in [0.2, 0.25) is 0 Å². The molecule has 3 rings (SSSR count). The topological polar surface area (TPSA) is 56.8 Å². The van der Waals surface area contributed by atoms with E-state index < -0.39 is 0 Å². The lowest BCUT2D eigenvalue weighted by atomic mass is 10.1. The van der Waals surface area contributed by atoms with Gasteiger partial charge >= 0.3 is 0 Å². The molecule has 120 valence electrons. The van der Waals surface area contributed by atoms with Gasteiger partial charge in [-0.3, -0.25) is 4.79 Å². The molecule has 0 aromatic heterocycles. The predicted molar refractivity (Wildman–Crippen MR) is 87.2 cm³/mol. The normalized spacial score (nSPS) is 15.8. The Kier molecular flexibility index (Phi) is 4.66. The highest BCUT2D eigenvalue weighted by Crippen LogP contribution is 2.31. The summed E-state index contributed by atoms with van der Waals surface area (Å²) in [5.41, 5.74) is 0.752. The third kappa shape index (κ3) is 3.94. The zero-order valence-corrected chi connectivity index (χ0v) is 13.0. The van der Waals surface area contributed by atoms with E-state index in [9.17, 15) is 4.79 Å². The van der Waals surface area contributed by atoms with Gasteiger partial charge in [0.15, 0.2) is 11.5 Å². The van der Waals surface area contributed by atoms with Crippen LogP contribution in [0.15, 0.2) is 48.5 Å². The van der Waals surface area contributed by atoms with Crippen LogP contribution in [-0.2, 0) is 4.79 Å². The van der Waals surface area contributed by atoms with Crippen LogP contribution in [0.3, 0.4) is 0 Å². The molecule has 0 unspecified atom stereocenters. The second kappa shape index (κ2) is 7.05. The Labute approximate surface area is 135 Å². The molecule has 5 heteroatoms. The average molecular weight is 313 g/mol. The zero-order chi connectivity index (χ0) is 16.1. The third-order valence-electron chi connectivity index (χ3n) is 3.63. The number of carbonyl (C=O) groups excluding carboxylic acids is 1. The molecule has 1 N–H and O–H groups in total. The standard InChI is InChI=1S/C18H19NO4/c1-21-14-8-6-13(7-9-14)19-18(20)11-10-15-12-22-16-4-2-3-5-17(16)23-15/h2-9,15H,10-12H2,1H3,(H,19,20)/t15-/m0/s1. The molecule has 1 heterocycles. The number of methoxy groups -OCH3 is 1. The molecule has 0 spiro atoms. The quantitative estimate of drug-likeness (QED) is 0.920. The minimum absolute atomic E-state index is 0.0439. The van der Waals surface area contributed by atoms with Crippen molar-refractivity contribution in [2.75, 3.05) is 19.0 Å². The number of fused-ring (bicyclic) bond motifs is 1. The van der Waals surface area contributed by atoms with Crippen molar-refractivity contribution in [3.05, 3.63) is 48.5 Å². The van der Waals surface area contributed by atoms with E-state index in [0.29, 0.717) is 19.4 Å². The van der Waals surface area contributed by atoms with Crippen LogP contribution in [0, 0.1) is 0 Å². The van der Waals surface area contributed by atoms with Gasteiger partial charge in [-0.05, 0) is 42.8 Å². The monoisotopic (exact) mass is 313 g/mol. The summed E-state index contributed by atoms with van der Waals surface area (Å²) >= 11 is 0. The molecule has 2 aromatic carbocycles. The average Bonchev–Trinajstić information content (AvgIpc) is 2.60. The Morgan fingerprint density at radius 2 is 1.91 bits per heavy atom. The molecular weight excluding hydrogens is 294 g/mol. The maximum absolute atomic E-state index is 12.0. The maximum Gasteiger partial charge on any atom is 0.224 e. The molecule has 5 nitrogen and oxygen atoms in total. The third-order valence-corrected chi connectivity index (χ3v) is 3.63. The van der Waals surface area contributed by atoms with E-state index >= 15 is 0 Å². The fourth-order valence-electron chi connectivity index (χ4n) is 2.40. The first-order chi connectivity index (χ1) is 11.2. The molecule has 1 atom stereocenters. The Morgan fingerprint density at radius 1 is 1.17 bits per heavy atom. The summed E-state index contributed by atoms with van der Waals surface area (Å²) in [6.45, 7) is 0.465. The van der Waals surface area contributed by atoms with Crippen LogP contribution in [0.5, 0.6) is 17.2 Å². The summed E-state index contributed by atoms with van der Waals surface area (Å²) in [6.07, 6.45) is 0.880. The van der Waals surface area contributed by atoms with Gasteiger partial charge in [0.05, 0.1) is 7.11 Å². The van der Waals surface area contributed by atoms with E-state index in [1.165, 1.54) is 0 Å². The van der Waals surface area contributed by atoms with Crippen LogP contribution >= 0.6 is 0 Å². The second-order valence-corrected chi connectivity index (χ2v) is 5.31. The van der Waals surface area contributed by atoms with E-state index in [2.05, 4.69) is 5.32 Å². The van der Waals surface area contributed by atoms with Crippen LogP contribution in [0.4, 0.5) is 5.69 Å². The number of rotatable bonds is 5. The van der Waals surface area contributed by atoms with E-state index in [4.69, 9.17) is 14.2 Å². The highest BCUT2D eigenvalue weighted by molar-refractivity contribution is 5.90. The molecule has 1 aliphatic heterocycles. The molecule has 0 bridgehead atoms. The summed E-state index contributed by atoms with van der Waals surface area (Å²) in [7, 11) is 1.61. The SMILES string of the molecule is COc1ccc(NC(=O)CC[C@H]2COc3ccccc3O2)cc1. The number of hydrogen-bond acceptors (Lipinski definition) is 4. The van der Waals surface area contributed by atoms with Crippen molar-refractivity contribution in [1.82, 2.24) is 0 Å². The van der Waals surface area contributed by atoms with Gasteiger partial charge in [0.25, 0.3) is 0 Å². The minimum atomic E-state index is -0.105. The highest BCUT2D eigenvalue weighted by atomic mass is 16.6. The lowest BCUT2D eigenvalue weighted by molar-refractivity contribution is -0.116. The van der Waals surface area contributed by atoms with E-state index in [1.54, 1.807) is 7.11 Å². The van der Waals surface area contributed by atoms with Crippen molar-refractivity contribution in [2.45, 2.75) is 18.9 Å². The molecule has 1 amide bonds. The number of para-hydroxylation sites is 2. The van der Waals surface area contributed by atoms with Crippen molar-refractivity contribution in [3.63, 3.8) is 0 Å². The summed E-state index contributed by atoms with van der Waals surface area (Å²) < 4.78 is 16.6. The lowest BCUT2D eigenvalue weighted by Gasteiger charge is -2.26. The summed E-state index contributed by atoms with van der Waals surface area (Å²) in [6, 6.07) is 14.8. The summed E-state index contributed by atoms with van der Waals surface area (Å²) in [4.78, 5) is 12.0. The highest BCUT2D eigenvalue weighted by Gasteiger charge is 2.21. The first kappa shape index (κ1) is 15.2. The van der Waals surface area contributed by atoms with Gasteiger partial charge in [0, 0.05) is 12.1 Å². The smallest absolute Gasteiger partial charge is 0.224 e. The van der Waals surface area contributed by atoms with Gasteiger partial charge in [0.2, 0.25) is 5.91 Å². The van der Waals surface area contributed by atoms with Gasteiger partial charge < -0.3 is 19.5 Å². The van der Waals surface area contributed by atoms with Crippen molar-refractivity contribution in [1.29, 1.82) is 0 Å². The Hall–Kier alpha value is -2.69. The Bertz CT molecular complexity index is 669. The second-order valence-electron chi connectivity index (χ2n) is 5.31. The molecule has 0 saturated carbocycles. The lowest BCUT2D eigenvalue weighted by Crippen LogP contribution is -2.30. The molecule has 0 fully saturated rings. The van der Waals surface area contributed by atoms with Crippen LogP contribution < -0.4 is 19.5 Å². The van der Waals surface area contributed by atoms with Gasteiger partial charge in [-0.15, -0.1) is 0 Å². The van der Waals surface area contributed by atoms with Crippen molar-refractivity contribution in [3.8, 4) is 17.2 Å². The number of ether oxygens (including phenoxy) is 3. The molecule has 2 aromatic rings. The molecular formula is C18H19NO4.